The van der Waals surface area contributed by atoms with Gasteiger partial charge in [-0.1, -0.05) is 22.8 Å². The van der Waals surface area contributed by atoms with E-state index in [0.29, 0.717) is 25.1 Å². The molecule has 0 bridgehead atoms. The lowest BCUT2D eigenvalue weighted by atomic mass is 10.1. The van der Waals surface area contributed by atoms with Crippen molar-refractivity contribution in [2.75, 3.05) is 13.2 Å². The molecule has 1 rings (SSSR count). The van der Waals surface area contributed by atoms with E-state index in [-0.39, 0.29) is 5.97 Å². The molecule has 5 nitrogen and oxygen atoms in total. The summed E-state index contributed by atoms with van der Waals surface area (Å²) in [5.74, 6) is -0.311. The molecule has 5 heteroatoms. The van der Waals surface area contributed by atoms with Gasteiger partial charge in [-0.05, 0) is 37.4 Å². The van der Waals surface area contributed by atoms with Gasteiger partial charge in [0.15, 0.2) is 0 Å². The number of carbonyl (C=O) groups is 1. The van der Waals surface area contributed by atoms with Gasteiger partial charge in [-0.3, -0.25) is 0 Å². The third-order valence-corrected chi connectivity index (χ3v) is 2.24. The van der Waals surface area contributed by atoms with Crippen LogP contribution in [0, 0.1) is 6.92 Å². The molecule has 0 radical (unpaired) electrons. The predicted molar refractivity (Wildman–Crippen MR) is 64.7 cm³/mol. The normalized spacial score (nSPS) is 9.47. The Morgan fingerprint density at radius 2 is 2.06 bits per heavy atom. The highest BCUT2D eigenvalue weighted by atomic mass is 16.5. The first-order valence-electron chi connectivity index (χ1n) is 5.48. The first-order chi connectivity index (χ1) is 8.24. The second kappa shape index (κ2) is 7.30. The lowest BCUT2D eigenvalue weighted by Gasteiger charge is -2.04. The molecular formula is C12H15N3O2. The van der Waals surface area contributed by atoms with Crippen LogP contribution in [0.25, 0.3) is 10.4 Å². The zero-order chi connectivity index (χ0) is 12.5. The van der Waals surface area contributed by atoms with Crippen molar-refractivity contribution in [2.24, 2.45) is 5.11 Å². The summed E-state index contributed by atoms with van der Waals surface area (Å²) >= 11 is 0. The maximum Gasteiger partial charge on any atom is 0.338 e. The van der Waals surface area contributed by atoms with Crippen molar-refractivity contribution in [3.8, 4) is 0 Å². The number of nitrogens with zero attached hydrogens (tertiary/aromatic N) is 3. The van der Waals surface area contributed by atoms with Crippen molar-refractivity contribution >= 4 is 5.97 Å². The molecule has 1 aromatic rings. The van der Waals surface area contributed by atoms with Gasteiger partial charge in [0, 0.05) is 11.5 Å². The molecule has 17 heavy (non-hydrogen) atoms. The van der Waals surface area contributed by atoms with E-state index in [1.807, 2.05) is 19.1 Å². The fraction of sp³-hybridized carbons (Fsp3) is 0.417. The van der Waals surface area contributed by atoms with E-state index >= 15 is 0 Å². The topological polar surface area (TPSA) is 75.1 Å². The SMILES string of the molecule is Cc1ccc(C(=O)OCCCCN=[N+]=[N-])cc1. The molecule has 0 atom stereocenters. The van der Waals surface area contributed by atoms with Crippen LogP contribution < -0.4 is 0 Å². The monoisotopic (exact) mass is 233 g/mol. The summed E-state index contributed by atoms with van der Waals surface area (Å²) in [6.07, 6.45) is 1.43. The van der Waals surface area contributed by atoms with E-state index in [1.165, 1.54) is 0 Å². The van der Waals surface area contributed by atoms with Crippen LogP contribution in [0.2, 0.25) is 0 Å². The second-order valence-electron chi connectivity index (χ2n) is 3.66. The zero-order valence-corrected chi connectivity index (χ0v) is 9.80. The molecule has 90 valence electrons. The minimum absolute atomic E-state index is 0.311. The number of carbonyl (C=O) groups excluding carboxylic acids is 1. The minimum atomic E-state index is -0.311. The van der Waals surface area contributed by atoms with Crippen molar-refractivity contribution in [3.05, 3.63) is 45.8 Å². The number of esters is 1. The van der Waals surface area contributed by atoms with Gasteiger partial charge in [0.25, 0.3) is 0 Å². The lowest BCUT2D eigenvalue weighted by Crippen LogP contribution is -2.06. The standard InChI is InChI=1S/C12H15N3O2/c1-10-4-6-11(7-5-10)12(16)17-9-3-2-8-14-15-13/h4-7H,2-3,8-9H2,1H3. The van der Waals surface area contributed by atoms with Gasteiger partial charge in [0.1, 0.15) is 0 Å². The highest BCUT2D eigenvalue weighted by molar-refractivity contribution is 5.89. The van der Waals surface area contributed by atoms with Crippen LogP contribution in [0.5, 0.6) is 0 Å². The molecule has 0 aliphatic carbocycles. The maximum absolute atomic E-state index is 11.5. The summed E-state index contributed by atoms with van der Waals surface area (Å²) in [6.45, 7) is 2.76. The van der Waals surface area contributed by atoms with Crippen molar-refractivity contribution in [1.29, 1.82) is 0 Å². The van der Waals surface area contributed by atoms with E-state index in [1.54, 1.807) is 12.1 Å². The summed E-state index contributed by atoms with van der Waals surface area (Å²) in [5.41, 5.74) is 9.72. The second-order valence-corrected chi connectivity index (χ2v) is 3.66. The largest absolute Gasteiger partial charge is 0.462 e. The first kappa shape index (κ1) is 13.1. The van der Waals surface area contributed by atoms with Gasteiger partial charge in [-0.25, -0.2) is 4.79 Å². The molecule has 0 saturated carbocycles. The Kier molecular flexibility index (Phi) is 5.61. The van der Waals surface area contributed by atoms with Gasteiger partial charge in [0.2, 0.25) is 0 Å². The number of unbranched alkanes of at least 4 members (excludes halogenated alkanes) is 1. The number of aryl methyl sites for hydroxylation is 1. The summed E-state index contributed by atoms with van der Waals surface area (Å²) < 4.78 is 5.07. The number of azide groups is 1. The van der Waals surface area contributed by atoms with Crippen molar-refractivity contribution in [2.45, 2.75) is 19.8 Å². The van der Waals surface area contributed by atoms with Crippen LogP contribution in [-0.2, 0) is 4.74 Å². The maximum atomic E-state index is 11.5. The first-order valence-corrected chi connectivity index (χ1v) is 5.48. The van der Waals surface area contributed by atoms with Crippen LogP contribution >= 0.6 is 0 Å². The predicted octanol–water partition coefficient (Wildman–Crippen LogP) is 3.24. The van der Waals surface area contributed by atoms with Gasteiger partial charge >= 0.3 is 5.97 Å². The Bertz CT molecular complexity index is 408. The molecule has 0 N–H and O–H groups in total. The Hall–Kier alpha value is -2.00. The van der Waals surface area contributed by atoms with Crippen LogP contribution in [0.3, 0.4) is 0 Å². The number of benzene rings is 1. The van der Waals surface area contributed by atoms with Gasteiger partial charge in [-0.2, -0.15) is 0 Å². The summed E-state index contributed by atoms with van der Waals surface area (Å²) in [5, 5.41) is 3.40. The fourth-order valence-electron chi connectivity index (χ4n) is 1.27. The summed E-state index contributed by atoms with van der Waals surface area (Å²) in [7, 11) is 0. The van der Waals surface area contributed by atoms with Gasteiger partial charge in [0.05, 0.1) is 12.2 Å². The summed E-state index contributed by atoms with van der Waals surface area (Å²) in [6, 6.07) is 7.24. The Labute approximate surface area is 100 Å². The molecule has 0 aromatic heterocycles. The molecular weight excluding hydrogens is 218 g/mol. The van der Waals surface area contributed by atoms with Crippen molar-refractivity contribution in [3.63, 3.8) is 0 Å². The molecule has 0 heterocycles. The lowest BCUT2D eigenvalue weighted by molar-refractivity contribution is 0.0499. The highest BCUT2D eigenvalue weighted by Gasteiger charge is 2.05. The van der Waals surface area contributed by atoms with E-state index in [9.17, 15) is 4.79 Å². The average Bonchev–Trinajstić information content (AvgIpc) is 2.34. The van der Waals surface area contributed by atoms with Crippen LogP contribution in [-0.4, -0.2) is 19.1 Å². The number of rotatable bonds is 6. The molecule has 0 unspecified atom stereocenters. The third kappa shape index (κ3) is 5.04. The number of hydrogen-bond donors (Lipinski definition) is 0. The smallest absolute Gasteiger partial charge is 0.338 e. The average molecular weight is 233 g/mol. The molecule has 0 amide bonds. The Morgan fingerprint density at radius 1 is 1.35 bits per heavy atom. The number of ether oxygens (including phenoxy) is 1. The molecule has 0 aliphatic heterocycles. The molecule has 0 aliphatic rings. The van der Waals surface area contributed by atoms with E-state index in [2.05, 4.69) is 10.0 Å². The van der Waals surface area contributed by atoms with E-state index < -0.39 is 0 Å². The molecule has 0 saturated heterocycles. The highest BCUT2D eigenvalue weighted by Crippen LogP contribution is 2.05. The van der Waals surface area contributed by atoms with Crippen LogP contribution in [0.15, 0.2) is 29.4 Å². The molecule has 0 spiro atoms. The van der Waals surface area contributed by atoms with Crippen LogP contribution in [0.1, 0.15) is 28.8 Å². The number of hydrogen-bond acceptors (Lipinski definition) is 3. The summed E-state index contributed by atoms with van der Waals surface area (Å²) in [4.78, 5) is 14.2. The van der Waals surface area contributed by atoms with Crippen LogP contribution in [0.4, 0.5) is 0 Å². The molecule has 1 aromatic carbocycles. The van der Waals surface area contributed by atoms with Crippen molar-refractivity contribution < 1.29 is 9.53 Å². The van der Waals surface area contributed by atoms with E-state index in [4.69, 9.17) is 10.3 Å². The van der Waals surface area contributed by atoms with Gasteiger partial charge < -0.3 is 4.74 Å². The quantitative estimate of drug-likeness (QED) is 0.248. The Morgan fingerprint density at radius 3 is 2.71 bits per heavy atom. The Balaban J connectivity index is 2.25. The van der Waals surface area contributed by atoms with Gasteiger partial charge in [-0.15, -0.1) is 0 Å². The minimum Gasteiger partial charge on any atom is -0.462 e. The zero-order valence-electron chi connectivity index (χ0n) is 9.80. The van der Waals surface area contributed by atoms with E-state index in [0.717, 1.165) is 12.0 Å². The third-order valence-electron chi connectivity index (χ3n) is 2.24. The fourth-order valence-corrected chi connectivity index (χ4v) is 1.27. The molecule has 0 fully saturated rings. The van der Waals surface area contributed by atoms with Crippen molar-refractivity contribution in [1.82, 2.24) is 0 Å².